The molecule has 0 spiro atoms. The molecule has 0 bridgehead atoms. The minimum Gasteiger partial charge on any atom is -0.493 e. The molecule has 1 heterocycles. The van der Waals surface area contributed by atoms with Crippen LogP contribution in [0.1, 0.15) is 18.4 Å². The Morgan fingerprint density at radius 3 is 2.85 bits per heavy atom. The summed E-state index contributed by atoms with van der Waals surface area (Å²) < 4.78 is 11.2. The van der Waals surface area contributed by atoms with Crippen LogP contribution in [-0.2, 0) is 16.0 Å². The highest BCUT2D eigenvalue weighted by atomic mass is 32.2. The molecule has 0 radical (unpaired) electrons. The highest BCUT2D eigenvalue weighted by molar-refractivity contribution is 7.99. The molecule has 0 aromatic heterocycles. The fraction of sp³-hybridized carbons (Fsp3) is 0.533. The van der Waals surface area contributed by atoms with Crippen molar-refractivity contribution >= 4 is 17.7 Å². The van der Waals surface area contributed by atoms with Crippen molar-refractivity contribution in [3.63, 3.8) is 0 Å². The zero-order valence-corrected chi connectivity index (χ0v) is 12.2. The van der Waals surface area contributed by atoms with Gasteiger partial charge in [0.1, 0.15) is 5.75 Å². The second kappa shape index (κ2) is 8.17. The van der Waals surface area contributed by atoms with Gasteiger partial charge in [0.15, 0.2) is 0 Å². The minimum atomic E-state index is -0.816. The van der Waals surface area contributed by atoms with E-state index in [4.69, 9.17) is 14.6 Å². The van der Waals surface area contributed by atoms with Crippen LogP contribution in [0.15, 0.2) is 24.3 Å². The lowest BCUT2D eigenvalue weighted by Crippen LogP contribution is -2.10. The van der Waals surface area contributed by atoms with Gasteiger partial charge in [-0.3, -0.25) is 4.79 Å². The summed E-state index contributed by atoms with van der Waals surface area (Å²) in [5.41, 5.74) is 0.789. The van der Waals surface area contributed by atoms with Crippen molar-refractivity contribution in [2.75, 3.05) is 24.7 Å². The van der Waals surface area contributed by atoms with Crippen LogP contribution < -0.4 is 4.74 Å². The Labute approximate surface area is 123 Å². The maximum atomic E-state index is 10.6. The van der Waals surface area contributed by atoms with Crippen molar-refractivity contribution in [2.45, 2.75) is 25.4 Å². The molecular formula is C15H20O4S. The third kappa shape index (κ3) is 5.43. The average Bonchev–Trinajstić information content (AvgIpc) is 2.93. The van der Waals surface area contributed by atoms with Crippen LogP contribution in [0, 0.1) is 0 Å². The molecule has 1 aromatic rings. The van der Waals surface area contributed by atoms with E-state index in [1.165, 1.54) is 12.8 Å². The lowest BCUT2D eigenvalue weighted by Gasteiger charge is -2.09. The van der Waals surface area contributed by atoms with E-state index >= 15 is 0 Å². The quantitative estimate of drug-likeness (QED) is 0.747. The molecule has 1 saturated heterocycles. The first kappa shape index (κ1) is 15.2. The highest BCUT2D eigenvalue weighted by Crippen LogP contribution is 2.17. The van der Waals surface area contributed by atoms with E-state index in [0.717, 1.165) is 29.4 Å². The van der Waals surface area contributed by atoms with Crippen molar-refractivity contribution in [3.8, 4) is 5.75 Å². The standard InChI is InChI=1S/C15H20O4S/c16-15(17)10-12-3-5-13(6-4-12)19-8-9-20-11-14-2-1-7-18-14/h3-6,14H,1-2,7-11H2,(H,16,17). The Bertz CT molecular complexity index is 412. The third-order valence-corrected chi connectivity index (χ3v) is 4.17. The average molecular weight is 296 g/mol. The van der Waals surface area contributed by atoms with Crippen LogP contribution >= 0.6 is 11.8 Å². The van der Waals surface area contributed by atoms with E-state index in [9.17, 15) is 4.79 Å². The Balaban J connectivity index is 1.60. The van der Waals surface area contributed by atoms with Gasteiger partial charge in [0.25, 0.3) is 0 Å². The van der Waals surface area contributed by atoms with Gasteiger partial charge in [-0.1, -0.05) is 12.1 Å². The molecular weight excluding hydrogens is 276 g/mol. The van der Waals surface area contributed by atoms with Gasteiger partial charge in [-0.2, -0.15) is 11.8 Å². The SMILES string of the molecule is O=C(O)Cc1ccc(OCCSCC2CCCO2)cc1. The third-order valence-electron chi connectivity index (χ3n) is 3.10. The number of ether oxygens (including phenoxy) is 2. The molecule has 1 aliphatic rings. The number of carboxylic acid groups (broad SMARTS) is 1. The second-order valence-electron chi connectivity index (χ2n) is 4.77. The van der Waals surface area contributed by atoms with E-state index in [1.807, 2.05) is 23.9 Å². The minimum absolute atomic E-state index is 0.0531. The maximum absolute atomic E-state index is 10.6. The first-order chi connectivity index (χ1) is 9.74. The van der Waals surface area contributed by atoms with Crippen molar-refractivity contribution in [3.05, 3.63) is 29.8 Å². The monoisotopic (exact) mass is 296 g/mol. The smallest absolute Gasteiger partial charge is 0.307 e. The molecule has 1 atom stereocenters. The topological polar surface area (TPSA) is 55.8 Å². The molecule has 0 aliphatic carbocycles. The van der Waals surface area contributed by atoms with Crippen LogP contribution in [0.25, 0.3) is 0 Å². The Morgan fingerprint density at radius 2 is 2.20 bits per heavy atom. The van der Waals surface area contributed by atoms with Crippen LogP contribution in [-0.4, -0.2) is 41.9 Å². The molecule has 1 fully saturated rings. The number of rotatable bonds is 8. The van der Waals surface area contributed by atoms with Crippen molar-refractivity contribution < 1.29 is 19.4 Å². The van der Waals surface area contributed by atoms with Gasteiger partial charge < -0.3 is 14.6 Å². The van der Waals surface area contributed by atoms with Gasteiger partial charge in [0, 0.05) is 18.1 Å². The molecule has 20 heavy (non-hydrogen) atoms. The molecule has 1 aliphatic heterocycles. The Morgan fingerprint density at radius 1 is 1.40 bits per heavy atom. The van der Waals surface area contributed by atoms with Gasteiger partial charge in [-0.25, -0.2) is 0 Å². The van der Waals surface area contributed by atoms with Crippen molar-refractivity contribution in [2.24, 2.45) is 0 Å². The molecule has 1 N–H and O–H groups in total. The zero-order valence-electron chi connectivity index (χ0n) is 11.4. The fourth-order valence-corrected chi connectivity index (χ4v) is 2.98. The van der Waals surface area contributed by atoms with Crippen molar-refractivity contribution in [1.29, 1.82) is 0 Å². The van der Waals surface area contributed by atoms with Crippen molar-refractivity contribution in [1.82, 2.24) is 0 Å². The molecule has 1 unspecified atom stereocenters. The van der Waals surface area contributed by atoms with Crippen LogP contribution in [0.4, 0.5) is 0 Å². The molecule has 1 aromatic carbocycles. The summed E-state index contributed by atoms with van der Waals surface area (Å²) in [5.74, 6) is 1.96. The summed E-state index contributed by atoms with van der Waals surface area (Å²) in [6, 6.07) is 7.23. The number of benzene rings is 1. The van der Waals surface area contributed by atoms with Gasteiger partial charge in [0.2, 0.25) is 0 Å². The predicted octanol–water partition coefficient (Wildman–Crippen LogP) is 2.60. The molecule has 0 saturated carbocycles. The van der Waals surface area contributed by atoms with Gasteiger partial charge in [-0.15, -0.1) is 0 Å². The maximum Gasteiger partial charge on any atom is 0.307 e. The lowest BCUT2D eigenvalue weighted by molar-refractivity contribution is -0.136. The van der Waals surface area contributed by atoms with Gasteiger partial charge in [-0.05, 0) is 30.5 Å². The normalized spacial score (nSPS) is 18.1. The van der Waals surface area contributed by atoms with Crippen LogP contribution in [0.3, 0.4) is 0 Å². The molecule has 4 nitrogen and oxygen atoms in total. The molecule has 110 valence electrons. The summed E-state index contributed by atoms with van der Waals surface area (Å²) in [7, 11) is 0. The van der Waals surface area contributed by atoms with Gasteiger partial charge in [0.05, 0.1) is 19.1 Å². The molecule has 2 rings (SSSR count). The first-order valence-corrected chi connectivity index (χ1v) is 8.02. The summed E-state index contributed by atoms with van der Waals surface area (Å²) in [6.07, 6.45) is 2.84. The van der Waals surface area contributed by atoms with E-state index in [1.54, 1.807) is 12.1 Å². The second-order valence-corrected chi connectivity index (χ2v) is 5.92. The van der Waals surface area contributed by atoms with E-state index in [2.05, 4.69) is 0 Å². The number of aliphatic carboxylic acids is 1. The number of thioether (sulfide) groups is 1. The number of carboxylic acids is 1. The summed E-state index contributed by atoms with van der Waals surface area (Å²) in [5, 5.41) is 8.68. The molecule has 0 amide bonds. The van der Waals surface area contributed by atoms with E-state index in [0.29, 0.717) is 12.7 Å². The lowest BCUT2D eigenvalue weighted by atomic mass is 10.1. The summed E-state index contributed by atoms with van der Waals surface area (Å²) >= 11 is 1.85. The summed E-state index contributed by atoms with van der Waals surface area (Å²) in [6.45, 7) is 1.57. The number of carbonyl (C=O) groups is 1. The highest BCUT2D eigenvalue weighted by Gasteiger charge is 2.14. The van der Waals surface area contributed by atoms with E-state index < -0.39 is 5.97 Å². The largest absolute Gasteiger partial charge is 0.493 e. The zero-order chi connectivity index (χ0) is 14.2. The first-order valence-electron chi connectivity index (χ1n) is 6.87. The fourth-order valence-electron chi connectivity index (χ4n) is 2.09. The number of hydrogen-bond donors (Lipinski definition) is 1. The van der Waals surface area contributed by atoms with Crippen LogP contribution in [0.5, 0.6) is 5.75 Å². The van der Waals surface area contributed by atoms with Crippen LogP contribution in [0.2, 0.25) is 0 Å². The predicted molar refractivity (Wildman–Crippen MR) is 79.6 cm³/mol. The van der Waals surface area contributed by atoms with E-state index in [-0.39, 0.29) is 6.42 Å². The van der Waals surface area contributed by atoms with Gasteiger partial charge >= 0.3 is 5.97 Å². The summed E-state index contributed by atoms with van der Waals surface area (Å²) in [4.78, 5) is 10.6. The Hall–Kier alpha value is -1.20. The number of hydrogen-bond acceptors (Lipinski definition) is 4. The Kier molecular flexibility index (Phi) is 6.21. The molecule has 5 heteroatoms.